The maximum Gasteiger partial charge on any atom is 0.339 e. The van der Waals surface area contributed by atoms with Gasteiger partial charge in [-0.15, -0.1) is 0 Å². The molecule has 2 aliphatic carbocycles. The smallest absolute Gasteiger partial charge is 0.339 e. The van der Waals surface area contributed by atoms with Crippen molar-refractivity contribution in [2.75, 3.05) is 6.61 Å². The highest BCUT2D eigenvalue weighted by atomic mass is 16.6. The predicted octanol–water partition coefficient (Wildman–Crippen LogP) is 2.53. The maximum absolute atomic E-state index is 12.7. The molecule has 6 nitrogen and oxygen atoms in total. The number of carbonyl (C=O) groups is 2. The van der Waals surface area contributed by atoms with Crippen molar-refractivity contribution in [3.05, 3.63) is 35.8 Å². The average Bonchev–Trinajstić information content (AvgIpc) is 3.26. The first-order valence-corrected chi connectivity index (χ1v) is 9.14. The average molecular weight is 358 g/mol. The maximum atomic E-state index is 12.7. The zero-order valence-electron chi connectivity index (χ0n) is 14.9. The Kier molecular flexibility index (Phi) is 2.97. The van der Waals surface area contributed by atoms with Gasteiger partial charge in [0.1, 0.15) is 6.10 Å². The highest BCUT2D eigenvalue weighted by molar-refractivity contribution is 5.92. The molecule has 1 saturated carbocycles. The summed E-state index contributed by atoms with van der Waals surface area (Å²) in [6.07, 6.45) is 6.41. The molecular formula is C20H22O6. The lowest BCUT2D eigenvalue weighted by Gasteiger charge is -2.53. The standard InChI is InChI=1S/C20H22O6/c1-18-8-14(11-4-6-24-9-11)26-16(21)13(18)3-5-19(2)15(18)7-12-10-25-17(22)20(12,19)23/h3-4,6,9,12,14-15,23H,5,7-8,10H2,1-2H3/t12-,14+,15-,18+,19-,20-/m0/s1. The molecule has 1 aromatic heterocycles. The second-order valence-corrected chi connectivity index (χ2v) is 8.66. The molecule has 0 unspecified atom stereocenters. The minimum Gasteiger partial charge on any atom is -0.472 e. The second-order valence-electron chi connectivity index (χ2n) is 8.66. The lowest BCUT2D eigenvalue weighted by atomic mass is 9.52. The molecular weight excluding hydrogens is 336 g/mol. The number of hydrogen-bond acceptors (Lipinski definition) is 6. The van der Waals surface area contributed by atoms with Gasteiger partial charge in [-0.1, -0.05) is 19.9 Å². The monoisotopic (exact) mass is 358 g/mol. The number of allylic oxidation sites excluding steroid dienone is 1. The lowest BCUT2D eigenvalue weighted by molar-refractivity contribution is -0.174. The van der Waals surface area contributed by atoms with Crippen LogP contribution in [0.5, 0.6) is 0 Å². The third-order valence-corrected chi connectivity index (χ3v) is 7.59. The molecule has 1 N–H and O–H groups in total. The molecule has 0 bridgehead atoms. The number of hydrogen-bond donors (Lipinski definition) is 1. The summed E-state index contributed by atoms with van der Waals surface area (Å²) in [5, 5.41) is 11.3. The van der Waals surface area contributed by atoms with Crippen LogP contribution in [0, 0.1) is 22.7 Å². The van der Waals surface area contributed by atoms with Crippen LogP contribution in [0.25, 0.3) is 0 Å². The van der Waals surface area contributed by atoms with E-state index in [2.05, 4.69) is 6.92 Å². The Morgan fingerprint density at radius 3 is 2.81 bits per heavy atom. The Hall–Kier alpha value is -2.08. The van der Waals surface area contributed by atoms with Gasteiger partial charge in [0, 0.05) is 27.9 Å². The van der Waals surface area contributed by atoms with Gasteiger partial charge >= 0.3 is 11.9 Å². The highest BCUT2D eigenvalue weighted by Crippen LogP contribution is 2.69. The number of esters is 2. The first-order chi connectivity index (χ1) is 12.3. The van der Waals surface area contributed by atoms with Crippen molar-refractivity contribution < 1.29 is 28.6 Å². The van der Waals surface area contributed by atoms with E-state index in [0.29, 0.717) is 24.8 Å². The quantitative estimate of drug-likeness (QED) is 0.777. The summed E-state index contributed by atoms with van der Waals surface area (Å²) in [7, 11) is 0. The fraction of sp³-hybridized carbons (Fsp3) is 0.600. The molecule has 138 valence electrons. The van der Waals surface area contributed by atoms with Crippen LogP contribution in [-0.2, 0) is 19.1 Å². The van der Waals surface area contributed by atoms with E-state index in [1.54, 1.807) is 12.5 Å². The van der Waals surface area contributed by atoms with Crippen molar-refractivity contribution in [2.45, 2.75) is 44.8 Å². The van der Waals surface area contributed by atoms with E-state index < -0.39 is 22.4 Å². The largest absolute Gasteiger partial charge is 0.472 e. The fourth-order valence-corrected chi connectivity index (χ4v) is 6.15. The van der Waals surface area contributed by atoms with Crippen LogP contribution < -0.4 is 0 Å². The molecule has 6 heteroatoms. The normalized spacial score (nSPS) is 46.7. The highest BCUT2D eigenvalue weighted by Gasteiger charge is 2.74. The van der Waals surface area contributed by atoms with Crippen LogP contribution in [0.4, 0.5) is 0 Å². The molecule has 3 fully saturated rings. The number of cyclic esters (lactones) is 2. The van der Waals surface area contributed by atoms with Gasteiger partial charge in [0.2, 0.25) is 0 Å². The van der Waals surface area contributed by atoms with Crippen LogP contribution in [0.2, 0.25) is 0 Å². The zero-order chi connectivity index (χ0) is 18.3. The van der Waals surface area contributed by atoms with E-state index in [1.165, 1.54) is 0 Å². The third kappa shape index (κ3) is 1.66. The topological polar surface area (TPSA) is 86.0 Å². The molecule has 5 rings (SSSR count). The summed E-state index contributed by atoms with van der Waals surface area (Å²) in [4.78, 5) is 25.2. The van der Waals surface area contributed by atoms with E-state index in [1.807, 2.05) is 19.1 Å². The Labute approximate surface area is 151 Å². The molecule has 0 radical (unpaired) electrons. The third-order valence-electron chi connectivity index (χ3n) is 7.59. The van der Waals surface area contributed by atoms with Gasteiger partial charge in [-0.3, -0.25) is 0 Å². The Bertz CT molecular complexity index is 825. The van der Waals surface area contributed by atoms with E-state index >= 15 is 0 Å². The van der Waals surface area contributed by atoms with Gasteiger partial charge in [-0.2, -0.15) is 0 Å². The summed E-state index contributed by atoms with van der Waals surface area (Å²) < 4.78 is 16.0. The summed E-state index contributed by atoms with van der Waals surface area (Å²) in [6.45, 7) is 4.29. The van der Waals surface area contributed by atoms with E-state index in [0.717, 1.165) is 5.56 Å². The van der Waals surface area contributed by atoms with Crippen LogP contribution in [0.1, 0.15) is 44.8 Å². The summed E-state index contributed by atoms with van der Waals surface area (Å²) >= 11 is 0. The molecule has 26 heavy (non-hydrogen) atoms. The Morgan fingerprint density at radius 1 is 1.27 bits per heavy atom. The van der Waals surface area contributed by atoms with E-state index in [4.69, 9.17) is 13.9 Å². The molecule has 4 aliphatic rings. The predicted molar refractivity (Wildman–Crippen MR) is 88.6 cm³/mol. The van der Waals surface area contributed by atoms with E-state index in [9.17, 15) is 14.7 Å². The van der Waals surface area contributed by atoms with E-state index in [-0.39, 0.29) is 30.5 Å². The van der Waals surface area contributed by atoms with Gasteiger partial charge in [0.05, 0.1) is 19.1 Å². The van der Waals surface area contributed by atoms with Gasteiger partial charge in [-0.05, 0) is 31.2 Å². The van der Waals surface area contributed by atoms with Crippen molar-refractivity contribution in [3.8, 4) is 0 Å². The SMILES string of the molecule is C[C@]12CC=C3C(=O)O[C@@H](c4ccoc4)C[C@@]3(C)[C@@H]1C[C@H]1COC(=O)[C@@]12O. The first kappa shape index (κ1) is 16.1. The summed E-state index contributed by atoms with van der Waals surface area (Å²) in [5.41, 5.74) is -1.08. The van der Waals surface area contributed by atoms with Gasteiger partial charge in [0.15, 0.2) is 5.60 Å². The van der Waals surface area contributed by atoms with Crippen molar-refractivity contribution >= 4 is 11.9 Å². The van der Waals surface area contributed by atoms with Gasteiger partial charge < -0.3 is 19.0 Å². The van der Waals surface area contributed by atoms with Crippen LogP contribution in [-0.4, -0.2) is 29.3 Å². The molecule has 2 aliphatic heterocycles. The first-order valence-electron chi connectivity index (χ1n) is 9.14. The molecule has 1 aromatic rings. The second kappa shape index (κ2) is 4.80. The number of ether oxygens (including phenoxy) is 2. The molecule has 2 saturated heterocycles. The molecule has 0 amide bonds. The molecule has 3 heterocycles. The lowest BCUT2D eigenvalue weighted by Crippen LogP contribution is -2.57. The number of carbonyl (C=O) groups excluding carboxylic acids is 2. The zero-order valence-corrected chi connectivity index (χ0v) is 14.9. The number of aliphatic hydroxyl groups is 1. The summed E-state index contributed by atoms with van der Waals surface area (Å²) in [6, 6.07) is 1.81. The van der Waals surface area contributed by atoms with Crippen molar-refractivity contribution in [1.82, 2.24) is 0 Å². The number of fused-ring (bicyclic) bond motifs is 5. The van der Waals surface area contributed by atoms with Gasteiger partial charge in [0.25, 0.3) is 0 Å². The minimum absolute atomic E-state index is 0.0000935. The van der Waals surface area contributed by atoms with Crippen molar-refractivity contribution in [2.24, 2.45) is 22.7 Å². The van der Waals surface area contributed by atoms with Crippen LogP contribution in [0.3, 0.4) is 0 Å². The number of furan rings is 1. The Balaban J connectivity index is 1.60. The van der Waals surface area contributed by atoms with Crippen LogP contribution in [0.15, 0.2) is 34.7 Å². The molecule has 0 aromatic carbocycles. The summed E-state index contributed by atoms with van der Waals surface area (Å²) in [5.74, 6) is -1.05. The number of rotatable bonds is 1. The Morgan fingerprint density at radius 2 is 2.08 bits per heavy atom. The van der Waals surface area contributed by atoms with Crippen LogP contribution >= 0.6 is 0 Å². The fourth-order valence-electron chi connectivity index (χ4n) is 6.15. The van der Waals surface area contributed by atoms with Gasteiger partial charge in [-0.25, -0.2) is 9.59 Å². The minimum atomic E-state index is -1.48. The van der Waals surface area contributed by atoms with Crippen molar-refractivity contribution in [1.29, 1.82) is 0 Å². The molecule has 0 spiro atoms. The molecule has 6 atom stereocenters. The van der Waals surface area contributed by atoms with Crippen molar-refractivity contribution in [3.63, 3.8) is 0 Å².